The third-order valence-corrected chi connectivity index (χ3v) is 4.49. The highest BCUT2D eigenvalue weighted by atomic mass is 79.9. The first-order chi connectivity index (χ1) is 9.87. The molecule has 0 heterocycles. The Hall–Kier alpha value is -0.520. The van der Waals surface area contributed by atoms with Crippen LogP contribution in [0.5, 0.6) is 0 Å². The van der Waals surface area contributed by atoms with E-state index in [0.717, 1.165) is 16.6 Å². The second kappa shape index (κ2) is 8.81. The van der Waals surface area contributed by atoms with Crippen molar-refractivity contribution in [1.82, 2.24) is 5.32 Å². The van der Waals surface area contributed by atoms with Crippen molar-refractivity contribution < 1.29 is 9.53 Å². The third-order valence-electron chi connectivity index (χ3n) is 3.00. The van der Waals surface area contributed by atoms with Crippen LogP contribution in [0.1, 0.15) is 34.1 Å². The molecule has 1 N–H and O–H groups in total. The molecule has 21 heavy (non-hydrogen) atoms. The van der Waals surface area contributed by atoms with Gasteiger partial charge in [0.1, 0.15) is 5.54 Å². The molecule has 0 amide bonds. The normalized spacial score (nSPS) is 14.0. The molecule has 3 nitrogen and oxygen atoms in total. The van der Waals surface area contributed by atoms with Gasteiger partial charge in [-0.2, -0.15) is 0 Å². The fourth-order valence-corrected chi connectivity index (χ4v) is 3.77. The number of ether oxygens (including phenoxy) is 1. The van der Waals surface area contributed by atoms with Gasteiger partial charge in [0, 0.05) is 21.2 Å². The number of benzene rings is 1. The van der Waals surface area contributed by atoms with Crippen LogP contribution >= 0.6 is 27.7 Å². The molecule has 1 rings (SSSR count). The minimum Gasteiger partial charge on any atom is -0.465 e. The largest absolute Gasteiger partial charge is 0.465 e. The standard InChI is InChI=1S/C16H24BrNO2S/c1-5-20-15(19)16(4,18-12(2)3)9-10-21-14-8-6-7-13(17)11-14/h6-8,11-12,18H,5,9-10H2,1-4H3. The summed E-state index contributed by atoms with van der Waals surface area (Å²) in [4.78, 5) is 13.4. The molecule has 118 valence electrons. The van der Waals surface area contributed by atoms with E-state index < -0.39 is 5.54 Å². The highest BCUT2D eigenvalue weighted by molar-refractivity contribution is 9.10. The van der Waals surface area contributed by atoms with Crippen LogP contribution in [-0.2, 0) is 9.53 Å². The molecular weight excluding hydrogens is 350 g/mol. The van der Waals surface area contributed by atoms with Gasteiger partial charge in [-0.25, -0.2) is 0 Å². The van der Waals surface area contributed by atoms with Gasteiger partial charge in [0.05, 0.1) is 6.61 Å². The lowest BCUT2D eigenvalue weighted by Crippen LogP contribution is -2.53. The van der Waals surface area contributed by atoms with Crippen LogP contribution in [0.25, 0.3) is 0 Å². The first kappa shape index (κ1) is 18.5. The van der Waals surface area contributed by atoms with E-state index in [1.165, 1.54) is 4.90 Å². The van der Waals surface area contributed by atoms with Gasteiger partial charge >= 0.3 is 5.97 Å². The molecule has 0 aromatic heterocycles. The monoisotopic (exact) mass is 373 g/mol. The molecule has 1 aromatic carbocycles. The van der Waals surface area contributed by atoms with Gasteiger partial charge in [0.2, 0.25) is 0 Å². The minimum atomic E-state index is -0.636. The summed E-state index contributed by atoms with van der Waals surface area (Å²) in [5, 5.41) is 3.34. The van der Waals surface area contributed by atoms with Crippen LogP contribution in [0.15, 0.2) is 33.6 Å². The van der Waals surface area contributed by atoms with E-state index in [1.807, 2.05) is 39.8 Å². The molecule has 0 saturated carbocycles. The Bertz CT molecular complexity index is 467. The molecule has 0 bridgehead atoms. The second-order valence-corrected chi connectivity index (χ2v) is 7.49. The number of hydrogen-bond donors (Lipinski definition) is 1. The van der Waals surface area contributed by atoms with Crippen molar-refractivity contribution in [2.45, 2.75) is 50.6 Å². The van der Waals surface area contributed by atoms with Crippen molar-refractivity contribution in [3.05, 3.63) is 28.7 Å². The summed E-state index contributed by atoms with van der Waals surface area (Å²) in [5.74, 6) is 0.680. The number of carbonyl (C=O) groups excluding carboxylic acids is 1. The summed E-state index contributed by atoms with van der Waals surface area (Å²) < 4.78 is 6.28. The third kappa shape index (κ3) is 6.41. The van der Waals surface area contributed by atoms with Gasteiger partial charge in [-0.15, -0.1) is 11.8 Å². The van der Waals surface area contributed by atoms with Gasteiger partial charge < -0.3 is 4.74 Å². The molecule has 0 aliphatic rings. The fourth-order valence-electron chi connectivity index (χ4n) is 2.09. The van der Waals surface area contributed by atoms with E-state index in [4.69, 9.17) is 4.74 Å². The maximum atomic E-state index is 12.2. The lowest BCUT2D eigenvalue weighted by atomic mass is 9.98. The minimum absolute atomic E-state index is 0.173. The number of rotatable bonds is 8. The molecule has 0 aliphatic carbocycles. The number of hydrogen-bond acceptors (Lipinski definition) is 4. The highest BCUT2D eigenvalue weighted by Gasteiger charge is 2.34. The van der Waals surface area contributed by atoms with E-state index in [9.17, 15) is 4.79 Å². The zero-order valence-corrected chi connectivity index (χ0v) is 15.5. The van der Waals surface area contributed by atoms with E-state index in [1.54, 1.807) is 11.8 Å². The summed E-state index contributed by atoms with van der Waals surface area (Å²) >= 11 is 5.22. The molecule has 0 spiro atoms. The van der Waals surface area contributed by atoms with Crippen LogP contribution in [0.2, 0.25) is 0 Å². The molecule has 0 fully saturated rings. The summed E-state index contributed by atoms with van der Waals surface area (Å²) in [7, 11) is 0. The van der Waals surface area contributed by atoms with Crippen LogP contribution in [-0.4, -0.2) is 29.9 Å². The number of thioether (sulfide) groups is 1. The van der Waals surface area contributed by atoms with Gasteiger partial charge in [-0.1, -0.05) is 22.0 Å². The van der Waals surface area contributed by atoms with Crippen molar-refractivity contribution in [3.63, 3.8) is 0 Å². The van der Waals surface area contributed by atoms with Crippen LogP contribution in [0.4, 0.5) is 0 Å². The van der Waals surface area contributed by atoms with E-state index >= 15 is 0 Å². The Kier molecular flexibility index (Phi) is 7.77. The average molecular weight is 374 g/mol. The van der Waals surface area contributed by atoms with Gasteiger partial charge in [0.15, 0.2) is 0 Å². The van der Waals surface area contributed by atoms with E-state index in [-0.39, 0.29) is 12.0 Å². The molecule has 0 radical (unpaired) electrons. The molecule has 0 saturated heterocycles. The SMILES string of the molecule is CCOC(=O)C(C)(CCSc1cccc(Br)c1)NC(C)C. The first-order valence-corrected chi connectivity index (χ1v) is 8.98. The van der Waals surface area contributed by atoms with E-state index in [0.29, 0.717) is 6.61 Å². The Labute approximate surface area is 140 Å². The topological polar surface area (TPSA) is 38.3 Å². The number of carbonyl (C=O) groups is 1. The Morgan fingerprint density at radius 3 is 2.76 bits per heavy atom. The Morgan fingerprint density at radius 2 is 2.19 bits per heavy atom. The average Bonchev–Trinajstić information content (AvgIpc) is 2.38. The zero-order chi connectivity index (χ0) is 15.9. The van der Waals surface area contributed by atoms with Gasteiger partial charge in [-0.05, 0) is 52.3 Å². The first-order valence-electron chi connectivity index (χ1n) is 7.20. The molecule has 5 heteroatoms. The molecule has 1 aromatic rings. The Morgan fingerprint density at radius 1 is 1.48 bits per heavy atom. The predicted molar refractivity (Wildman–Crippen MR) is 92.8 cm³/mol. The molecule has 1 atom stereocenters. The smallest absolute Gasteiger partial charge is 0.326 e. The van der Waals surface area contributed by atoms with Crippen LogP contribution in [0.3, 0.4) is 0 Å². The molecular formula is C16H24BrNO2S. The zero-order valence-electron chi connectivity index (χ0n) is 13.1. The second-order valence-electron chi connectivity index (χ2n) is 5.41. The quantitative estimate of drug-likeness (QED) is 0.545. The number of esters is 1. The van der Waals surface area contributed by atoms with Gasteiger partial charge in [0.25, 0.3) is 0 Å². The lowest BCUT2D eigenvalue weighted by molar-refractivity contribution is -0.150. The fraction of sp³-hybridized carbons (Fsp3) is 0.562. The lowest BCUT2D eigenvalue weighted by Gasteiger charge is -2.30. The van der Waals surface area contributed by atoms with Crippen LogP contribution in [0, 0.1) is 0 Å². The van der Waals surface area contributed by atoms with Crippen molar-refractivity contribution in [2.75, 3.05) is 12.4 Å². The number of nitrogens with one attached hydrogen (secondary N) is 1. The summed E-state index contributed by atoms with van der Waals surface area (Å²) in [6, 6.07) is 8.42. The Balaban J connectivity index is 2.62. The highest BCUT2D eigenvalue weighted by Crippen LogP contribution is 2.25. The van der Waals surface area contributed by atoms with E-state index in [2.05, 4.69) is 33.4 Å². The van der Waals surface area contributed by atoms with Crippen LogP contribution < -0.4 is 5.32 Å². The van der Waals surface area contributed by atoms with Crippen molar-refractivity contribution in [1.29, 1.82) is 0 Å². The van der Waals surface area contributed by atoms with Crippen molar-refractivity contribution >= 4 is 33.7 Å². The van der Waals surface area contributed by atoms with Gasteiger partial charge in [-0.3, -0.25) is 10.1 Å². The maximum Gasteiger partial charge on any atom is 0.326 e. The van der Waals surface area contributed by atoms with Crippen molar-refractivity contribution in [3.8, 4) is 0 Å². The predicted octanol–water partition coefficient (Wildman–Crippen LogP) is 4.25. The molecule has 1 unspecified atom stereocenters. The summed E-state index contributed by atoms with van der Waals surface area (Å²) in [6.45, 7) is 8.25. The van der Waals surface area contributed by atoms with Crippen molar-refractivity contribution in [2.24, 2.45) is 0 Å². The maximum absolute atomic E-state index is 12.2. The molecule has 0 aliphatic heterocycles. The summed E-state index contributed by atoms with van der Waals surface area (Å²) in [5.41, 5.74) is -0.636. The number of halogens is 1. The summed E-state index contributed by atoms with van der Waals surface area (Å²) in [6.07, 6.45) is 0.723.